The van der Waals surface area contributed by atoms with E-state index in [-0.39, 0.29) is 19.1 Å². The Morgan fingerprint density at radius 3 is 1.39 bits per heavy atom. The number of unbranched alkanes of at least 4 members (excludes halogenated alkanes) is 29. The van der Waals surface area contributed by atoms with E-state index in [2.05, 4.69) is 19.2 Å². The van der Waals surface area contributed by atoms with Crippen LogP contribution < -0.4 is 10.2 Å². The number of aliphatic hydroxyl groups is 1. The first kappa shape index (κ1) is 53.2. The molecule has 2 N–H and O–H groups in total. The highest BCUT2D eigenvalue weighted by Crippen LogP contribution is 2.38. The smallest absolute Gasteiger partial charge is 0.268 e. The van der Waals surface area contributed by atoms with Gasteiger partial charge in [0.15, 0.2) is 0 Å². The monoisotopic (exact) mass is 787 g/mol. The fourth-order valence-corrected chi connectivity index (χ4v) is 7.52. The summed E-state index contributed by atoms with van der Waals surface area (Å²) < 4.78 is 23.1. The molecule has 54 heavy (non-hydrogen) atoms. The van der Waals surface area contributed by atoms with Crippen LogP contribution in [0.25, 0.3) is 0 Å². The molecule has 322 valence electrons. The Kier molecular flexibility index (Phi) is 37.3. The number of nitrogens with zero attached hydrogens (tertiary/aromatic N) is 1. The van der Waals surface area contributed by atoms with E-state index < -0.39 is 20.0 Å². The Hall–Kier alpha value is -0.760. The van der Waals surface area contributed by atoms with Crippen LogP contribution in [0.5, 0.6) is 0 Å². The van der Waals surface area contributed by atoms with Gasteiger partial charge in [-0.15, -0.1) is 0 Å². The van der Waals surface area contributed by atoms with Crippen molar-refractivity contribution in [2.24, 2.45) is 0 Å². The zero-order valence-corrected chi connectivity index (χ0v) is 37.3. The Balaban J connectivity index is 4.14. The predicted octanol–water partition coefficient (Wildman–Crippen LogP) is 12.1. The lowest BCUT2D eigenvalue weighted by atomic mass is 10.0. The number of aliphatic hydroxyl groups excluding tert-OH is 1. The van der Waals surface area contributed by atoms with Crippen LogP contribution in [0.3, 0.4) is 0 Å². The minimum atomic E-state index is -4.58. The van der Waals surface area contributed by atoms with Crippen molar-refractivity contribution in [3.8, 4) is 0 Å². The summed E-state index contributed by atoms with van der Waals surface area (Å²) in [7, 11) is 1.27. The summed E-state index contributed by atoms with van der Waals surface area (Å²) in [4.78, 5) is 25.2. The van der Waals surface area contributed by atoms with Crippen molar-refractivity contribution in [1.29, 1.82) is 0 Å². The van der Waals surface area contributed by atoms with Gasteiger partial charge in [0.2, 0.25) is 5.91 Å². The summed E-state index contributed by atoms with van der Waals surface area (Å²) in [5.41, 5.74) is 0. The molecule has 0 saturated heterocycles. The van der Waals surface area contributed by atoms with Gasteiger partial charge in [-0.05, 0) is 19.3 Å². The third-order valence-electron chi connectivity index (χ3n) is 10.5. The summed E-state index contributed by atoms with van der Waals surface area (Å²) in [6.07, 6.45) is 42.7. The molecule has 0 rings (SSSR count). The number of likely N-dealkylation sites (N-methyl/N-ethyl adjacent to an activating group) is 1. The molecule has 3 unspecified atom stereocenters. The maximum atomic E-state index is 12.8. The number of hydrogen-bond acceptors (Lipinski definition) is 6. The van der Waals surface area contributed by atoms with Crippen LogP contribution in [0.4, 0.5) is 0 Å². The number of carbonyl (C=O) groups excluding carboxylic acids is 1. The number of allylic oxidation sites excluding steroid dienone is 1. The average Bonchev–Trinajstić information content (AvgIpc) is 3.12. The van der Waals surface area contributed by atoms with Crippen LogP contribution in [-0.4, -0.2) is 68.5 Å². The second kappa shape index (κ2) is 37.8. The van der Waals surface area contributed by atoms with Gasteiger partial charge in [-0.2, -0.15) is 0 Å². The first-order valence-electron chi connectivity index (χ1n) is 23.1. The molecule has 0 saturated carbocycles. The highest BCUT2D eigenvalue weighted by atomic mass is 31.2. The fraction of sp³-hybridized carbons (Fsp3) is 0.933. The summed E-state index contributed by atoms with van der Waals surface area (Å²) in [5, 5.41) is 13.7. The molecule has 0 aromatic heterocycles. The molecule has 0 aliphatic heterocycles. The largest absolute Gasteiger partial charge is 0.756 e. The van der Waals surface area contributed by atoms with Gasteiger partial charge in [-0.1, -0.05) is 206 Å². The number of quaternary nitrogens is 1. The maximum Gasteiger partial charge on any atom is 0.268 e. The molecule has 3 atom stereocenters. The van der Waals surface area contributed by atoms with E-state index >= 15 is 0 Å². The van der Waals surface area contributed by atoms with E-state index in [9.17, 15) is 19.4 Å². The highest BCUT2D eigenvalue weighted by molar-refractivity contribution is 7.45. The maximum absolute atomic E-state index is 12.8. The van der Waals surface area contributed by atoms with Gasteiger partial charge < -0.3 is 28.8 Å². The first-order valence-corrected chi connectivity index (χ1v) is 24.5. The highest BCUT2D eigenvalue weighted by Gasteiger charge is 2.23. The van der Waals surface area contributed by atoms with Gasteiger partial charge in [0, 0.05) is 6.42 Å². The molecular formula is C45H91N2O6P. The number of phosphoric ester groups is 1. The molecular weight excluding hydrogens is 695 g/mol. The van der Waals surface area contributed by atoms with Crippen LogP contribution >= 0.6 is 7.82 Å². The van der Waals surface area contributed by atoms with E-state index in [1.807, 2.05) is 27.2 Å². The molecule has 0 aliphatic carbocycles. The SMILES string of the molecule is CCCCCCCCC/C=C/C(O)C(COP(=O)([O-])OCC[N+](C)(C)C)NC(=O)CCCCCCCCCCCCCCCCCCCCCCCCC. The van der Waals surface area contributed by atoms with Crippen molar-refractivity contribution in [1.82, 2.24) is 5.32 Å². The van der Waals surface area contributed by atoms with Crippen LogP contribution in [-0.2, 0) is 18.4 Å². The van der Waals surface area contributed by atoms with Crippen molar-refractivity contribution in [3.63, 3.8) is 0 Å². The number of rotatable bonds is 42. The molecule has 0 heterocycles. The van der Waals surface area contributed by atoms with Crippen molar-refractivity contribution in [2.75, 3.05) is 40.9 Å². The molecule has 1 amide bonds. The number of hydrogen-bond donors (Lipinski definition) is 2. The number of phosphoric acid groups is 1. The van der Waals surface area contributed by atoms with Gasteiger partial charge in [0.25, 0.3) is 7.82 Å². The van der Waals surface area contributed by atoms with E-state index in [1.165, 1.54) is 161 Å². The van der Waals surface area contributed by atoms with E-state index in [1.54, 1.807) is 6.08 Å². The van der Waals surface area contributed by atoms with Crippen molar-refractivity contribution in [3.05, 3.63) is 12.2 Å². The second-order valence-corrected chi connectivity index (χ2v) is 18.5. The fourth-order valence-electron chi connectivity index (χ4n) is 6.80. The molecule has 0 bridgehead atoms. The minimum absolute atomic E-state index is 0.00173. The number of amides is 1. The zero-order valence-electron chi connectivity index (χ0n) is 36.4. The van der Waals surface area contributed by atoms with Gasteiger partial charge >= 0.3 is 0 Å². The molecule has 0 fully saturated rings. The second-order valence-electron chi connectivity index (χ2n) is 17.1. The summed E-state index contributed by atoms with van der Waals surface area (Å²) >= 11 is 0. The normalized spacial score (nSPS) is 14.4. The van der Waals surface area contributed by atoms with E-state index in [4.69, 9.17) is 9.05 Å². The molecule has 0 aliphatic rings. The van der Waals surface area contributed by atoms with Crippen molar-refractivity contribution in [2.45, 2.75) is 231 Å². The van der Waals surface area contributed by atoms with E-state index in [0.717, 1.165) is 38.5 Å². The topological polar surface area (TPSA) is 108 Å². The Bertz CT molecular complexity index is 896. The van der Waals surface area contributed by atoms with Gasteiger partial charge in [0.1, 0.15) is 13.2 Å². The quantitative estimate of drug-likeness (QED) is 0.0276. The zero-order chi connectivity index (χ0) is 40.0. The summed E-state index contributed by atoms with van der Waals surface area (Å²) in [6.45, 7) is 4.63. The van der Waals surface area contributed by atoms with Gasteiger partial charge in [-0.25, -0.2) is 0 Å². The summed E-state index contributed by atoms with van der Waals surface area (Å²) in [5.74, 6) is -0.196. The van der Waals surface area contributed by atoms with Crippen molar-refractivity contribution < 1.29 is 32.9 Å². The standard InChI is InChI=1S/C45H91N2O6P/c1-6-8-10-12-14-16-17-18-19-20-21-22-23-24-25-26-27-28-29-31-33-35-37-39-45(49)46-43(42-53-54(50,51)52-41-40-47(3,4)5)44(48)38-36-34-32-30-15-13-11-9-7-2/h36,38,43-44,48H,6-35,37,39-42H2,1-5H3,(H-,46,49,50,51)/b38-36+. The Labute approximate surface area is 335 Å². The van der Waals surface area contributed by atoms with Gasteiger partial charge in [-0.3, -0.25) is 9.36 Å². The number of carbonyl (C=O) groups is 1. The molecule has 9 heteroatoms. The first-order chi connectivity index (χ1) is 26.0. The minimum Gasteiger partial charge on any atom is -0.756 e. The predicted molar refractivity (Wildman–Crippen MR) is 229 cm³/mol. The van der Waals surface area contributed by atoms with Gasteiger partial charge in [0.05, 0.1) is 39.9 Å². The molecule has 0 spiro atoms. The average molecular weight is 787 g/mol. The Morgan fingerprint density at radius 2 is 1.00 bits per heavy atom. The molecule has 8 nitrogen and oxygen atoms in total. The number of nitrogens with one attached hydrogen (secondary N) is 1. The third kappa shape index (κ3) is 39.5. The lowest BCUT2D eigenvalue weighted by molar-refractivity contribution is -0.870. The Morgan fingerprint density at radius 1 is 0.630 bits per heavy atom. The molecule has 0 radical (unpaired) electrons. The van der Waals surface area contributed by atoms with E-state index in [0.29, 0.717) is 17.4 Å². The lowest BCUT2D eigenvalue weighted by Crippen LogP contribution is -2.45. The summed E-state index contributed by atoms with van der Waals surface area (Å²) in [6, 6.07) is -0.878. The molecule has 0 aromatic rings. The molecule has 0 aromatic carbocycles. The lowest BCUT2D eigenvalue weighted by Gasteiger charge is -2.29. The van der Waals surface area contributed by atoms with Crippen LogP contribution in [0.15, 0.2) is 12.2 Å². The van der Waals surface area contributed by atoms with Crippen molar-refractivity contribution >= 4 is 13.7 Å². The van der Waals surface area contributed by atoms with Crippen LogP contribution in [0, 0.1) is 0 Å². The third-order valence-corrected chi connectivity index (χ3v) is 11.5. The van der Waals surface area contributed by atoms with Crippen LogP contribution in [0.1, 0.15) is 219 Å². The van der Waals surface area contributed by atoms with Crippen LogP contribution in [0.2, 0.25) is 0 Å².